The molecule has 0 saturated carbocycles. The van der Waals surface area contributed by atoms with Gasteiger partial charge in [0.15, 0.2) is 4.80 Å². The Hall–Kier alpha value is -2.03. The van der Waals surface area contributed by atoms with Crippen LogP contribution in [0, 0.1) is 10.1 Å². The molecule has 0 radical (unpaired) electrons. The molecular weight excluding hydrogens is 442 g/mol. The van der Waals surface area contributed by atoms with Crippen molar-refractivity contribution in [2.24, 2.45) is 4.99 Å². The monoisotopic (exact) mass is 453 g/mol. The molecule has 1 heterocycles. The van der Waals surface area contributed by atoms with Gasteiger partial charge in [0.25, 0.3) is 11.6 Å². The summed E-state index contributed by atoms with van der Waals surface area (Å²) in [4.78, 5) is 27.7. The van der Waals surface area contributed by atoms with Crippen molar-refractivity contribution in [3.05, 3.63) is 66.4 Å². The molecule has 0 bridgehead atoms. The number of non-ortho nitro benzene ring substituents is 1. The lowest BCUT2D eigenvalue weighted by Gasteiger charge is -2.03. The van der Waals surface area contributed by atoms with Crippen LogP contribution in [0.2, 0.25) is 5.02 Å². The highest BCUT2D eigenvalue weighted by molar-refractivity contribution is 9.10. The van der Waals surface area contributed by atoms with Crippen molar-refractivity contribution in [3.63, 3.8) is 0 Å². The van der Waals surface area contributed by atoms with E-state index in [9.17, 15) is 14.9 Å². The van der Waals surface area contributed by atoms with E-state index in [0.29, 0.717) is 11.3 Å². The maximum atomic E-state index is 12.6. The molecule has 1 aromatic heterocycles. The van der Waals surface area contributed by atoms with E-state index in [1.165, 1.54) is 23.5 Å². The van der Waals surface area contributed by atoms with Crippen LogP contribution >= 0.6 is 38.9 Å². The fraction of sp³-hybridized carbons (Fsp3) is 0.176. The standard InChI is InChI=1S/C17H13BrClN3O3S/c1-2-7-21-14-6-3-10(18)8-15(14)26-17(21)20-16(23)12-9-11(22(24)25)4-5-13(12)19/h3-6,8-9H,2,7H2,1H3. The minimum atomic E-state index is -0.603. The van der Waals surface area contributed by atoms with Gasteiger partial charge in [0, 0.05) is 23.2 Å². The third kappa shape index (κ3) is 3.72. The zero-order chi connectivity index (χ0) is 18.8. The van der Waals surface area contributed by atoms with Crippen LogP contribution in [0.4, 0.5) is 5.69 Å². The molecule has 1 amide bonds. The molecule has 26 heavy (non-hydrogen) atoms. The van der Waals surface area contributed by atoms with E-state index < -0.39 is 10.8 Å². The normalized spacial score (nSPS) is 11.9. The molecule has 134 valence electrons. The summed E-state index contributed by atoms with van der Waals surface area (Å²) >= 11 is 10.9. The number of hydrogen-bond donors (Lipinski definition) is 0. The van der Waals surface area contributed by atoms with Crippen LogP contribution in [0.5, 0.6) is 0 Å². The van der Waals surface area contributed by atoms with Crippen molar-refractivity contribution in [3.8, 4) is 0 Å². The Labute approximate surface area is 166 Å². The summed E-state index contributed by atoms with van der Waals surface area (Å²) in [5.41, 5.74) is 0.800. The van der Waals surface area contributed by atoms with Crippen LogP contribution < -0.4 is 4.80 Å². The van der Waals surface area contributed by atoms with Crippen LogP contribution in [0.15, 0.2) is 45.9 Å². The van der Waals surface area contributed by atoms with Crippen LogP contribution in [0.1, 0.15) is 23.7 Å². The van der Waals surface area contributed by atoms with Crippen molar-refractivity contribution in [2.75, 3.05) is 0 Å². The molecule has 0 fully saturated rings. The lowest BCUT2D eigenvalue weighted by Crippen LogP contribution is -2.17. The average Bonchev–Trinajstić information content (AvgIpc) is 2.91. The predicted octanol–water partition coefficient (Wildman–Crippen LogP) is 5.18. The third-order valence-electron chi connectivity index (χ3n) is 3.68. The van der Waals surface area contributed by atoms with Crippen molar-refractivity contribution >= 4 is 60.7 Å². The molecule has 0 N–H and O–H groups in total. The van der Waals surface area contributed by atoms with E-state index in [-0.39, 0.29) is 16.3 Å². The predicted molar refractivity (Wildman–Crippen MR) is 106 cm³/mol. The SMILES string of the molecule is CCCn1c(=NC(=O)c2cc([N+](=O)[O-])ccc2Cl)sc2cc(Br)ccc21. The van der Waals surface area contributed by atoms with Crippen LogP contribution in [-0.4, -0.2) is 15.4 Å². The van der Waals surface area contributed by atoms with E-state index in [4.69, 9.17) is 11.6 Å². The Bertz CT molecular complexity index is 1090. The lowest BCUT2D eigenvalue weighted by atomic mass is 10.2. The molecule has 0 spiro atoms. The number of nitro groups is 1. The number of nitro benzene ring substituents is 1. The fourth-order valence-corrected chi connectivity index (χ4v) is 4.31. The first-order valence-corrected chi connectivity index (χ1v) is 9.71. The second-order valence-electron chi connectivity index (χ2n) is 5.49. The highest BCUT2D eigenvalue weighted by Crippen LogP contribution is 2.24. The number of rotatable bonds is 4. The number of halogens is 2. The molecule has 0 aliphatic rings. The van der Waals surface area contributed by atoms with E-state index in [0.717, 1.165) is 27.2 Å². The molecule has 0 aliphatic carbocycles. The van der Waals surface area contributed by atoms with Gasteiger partial charge < -0.3 is 4.57 Å². The summed E-state index contributed by atoms with van der Waals surface area (Å²) in [6.07, 6.45) is 0.876. The smallest absolute Gasteiger partial charge is 0.281 e. The van der Waals surface area contributed by atoms with Gasteiger partial charge in [0.05, 0.1) is 25.7 Å². The Morgan fingerprint density at radius 1 is 1.35 bits per heavy atom. The Balaban J connectivity index is 2.15. The van der Waals surface area contributed by atoms with E-state index in [2.05, 4.69) is 20.9 Å². The zero-order valence-electron chi connectivity index (χ0n) is 13.6. The quantitative estimate of drug-likeness (QED) is 0.402. The molecule has 6 nitrogen and oxygen atoms in total. The molecule has 3 rings (SSSR count). The molecule has 0 unspecified atom stereocenters. The van der Waals surface area contributed by atoms with Gasteiger partial charge in [-0.15, -0.1) is 0 Å². The number of carbonyl (C=O) groups is 1. The molecular formula is C17H13BrClN3O3S. The highest BCUT2D eigenvalue weighted by atomic mass is 79.9. The summed E-state index contributed by atoms with van der Waals surface area (Å²) in [6.45, 7) is 2.74. The second-order valence-corrected chi connectivity index (χ2v) is 7.82. The molecule has 9 heteroatoms. The van der Waals surface area contributed by atoms with Crippen LogP contribution in [0.3, 0.4) is 0 Å². The minimum absolute atomic E-state index is 0.0163. The summed E-state index contributed by atoms with van der Waals surface area (Å²) < 4.78 is 3.90. The van der Waals surface area contributed by atoms with E-state index in [1.54, 1.807) is 0 Å². The fourth-order valence-electron chi connectivity index (χ4n) is 2.51. The molecule has 0 saturated heterocycles. The third-order valence-corrected chi connectivity index (χ3v) is 5.54. The molecule has 2 aromatic carbocycles. The van der Waals surface area contributed by atoms with Gasteiger partial charge in [0.2, 0.25) is 0 Å². The number of hydrogen-bond acceptors (Lipinski definition) is 4. The van der Waals surface area contributed by atoms with Crippen molar-refractivity contribution in [2.45, 2.75) is 19.9 Å². The van der Waals surface area contributed by atoms with Gasteiger partial charge in [-0.25, -0.2) is 0 Å². The van der Waals surface area contributed by atoms with Crippen molar-refractivity contribution < 1.29 is 9.72 Å². The number of carbonyl (C=O) groups excluding carboxylic acids is 1. The lowest BCUT2D eigenvalue weighted by molar-refractivity contribution is -0.384. The van der Waals surface area contributed by atoms with Gasteiger partial charge in [0.1, 0.15) is 0 Å². The molecule has 0 atom stereocenters. The van der Waals surface area contributed by atoms with Crippen molar-refractivity contribution in [1.29, 1.82) is 0 Å². The summed E-state index contributed by atoms with van der Waals surface area (Å²) in [6, 6.07) is 9.62. The first-order chi connectivity index (χ1) is 12.4. The van der Waals surface area contributed by atoms with E-state index >= 15 is 0 Å². The number of aromatic nitrogens is 1. The summed E-state index contributed by atoms with van der Waals surface area (Å²) in [5.74, 6) is -0.603. The Kier molecular flexibility index (Phi) is 5.55. The summed E-state index contributed by atoms with van der Waals surface area (Å²) in [5, 5.41) is 11.1. The molecule has 0 aliphatic heterocycles. The van der Waals surface area contributed by atoms with Crippen LogP contribution in [-0.2, 0) is 6.54 Å². The Morgan fingerprint density at radius 2 is 2.12 bits per heavy atom. The largest absolute Gasteiger partial charge is 0.316 e. The maximum absolute atomic E-state index is 12.6. The number of amides is 1. The Morgan fingerprint density at radius 3 is 2.81 bits per heavy atom. The number of fused-ring (bicyclic) bond motifs is 1. The number of thiazole rings is 1. The van der Waals surface area contributed by atoms with Gasteiger partial charge >= 0.3 is 0 Å². The van der Waals surface area contributed by atoms with E-state index in [1.807, 2.05) is 29.7 Å². The second kappa shape index (κ2) is 7.69. The van der Waals surface area contributed by atoms with Gasteiger partial charge in [-0.2, -0.15) is 4.99 Å². The maximum Gasteiger partial charge on any atom is 0.281 e. The zero-order valence-corrected chi connectivity index (χ0v) is 16.8. The average molecular weight is 455 g/mol. The van der Waals surface area contributed by atoms with Gasteiger partial charge in [-0.3, -0.25) is 14.9 Å². The number of aryl methyl sites for hydroxylation is 1. The first-order valence-electron chi connectivity index (χ1n) is 7.72. The topological polar surface area (TPSA) is 77.5 Å². The molecule has 3 aromatic rings. The summed E-state index contributed by atoms with van der Waals surface area (Å²) in [7, 11) is 0. The van der Waals surface area contributed by atoms with Crippen LogP contribution in [0.25, 0.3) is 10.2 Å². The van der Waals surface area contributed by atoms with Gasteiger partial charge in [-0.1, -0.05) is 45.8 Å². The number of nitrogens with zero attached hydrogens (tertiary/aromatic N) is 3. The van der Waals surface area contributed by atoms with Gasteiger partial charge in [-0.05, 0) is 30.7 Å². The van der Waals surface area contributed by atoms with Crippen molar-refractivity contribution in [1.82, 2.24) is 4.57 Å². The first kappa shape index (κ1) is 18.8. The number of benzene rings is 2. The highest BCUT2D eigenvalue weighted by Gasteiger charge is 2.16. The minimum Gasteiger partial charge on any atom is -0.316 e.